The Balaban J connectivity index is 2.83. The van der Waals surface area contributed by atoms with Gasteiger partial charge in [-0.2, -0.15) is 5.10 Å². The number of halogens is 1. The highest BCUT2D eigenvalue weighted by molar-refractivity contribution is 9.10. The van der Waals surface area contributed by atoms with Crippen molar-refractivity contribution in [3.8, 4) is 0 Å². The lowest BCUT2D eigenvalue weighted by Gasteiger charge is -1.93. The van der Waals surface area contributed by atoms with Crippen molar-refractivity contribution in [2.24, 2.45) is 7.05 Å². The van der Waals surface area contributed by atoms with Gasteiger partial charge in [-0.3, -0.25) is 9.48 Å². The van der Waals surface area contributed by atoms with Gasteiger partial charge in [-0.25, -0.2) is 0 Å². The van der Waals surface area contributed by atoms with Gasteiger partial charge in [0.05, 0.1) is 5.52 Å². The normalized spacial score (nSPS) is 10.6. The average molecular weight is 239 g/mol. The van der Waals surface area contributed by atoms with Crippen LogP contribution in [0, 0.1) is 0 Å². The standard InChI is InChI=1S/C9H7BrN2O/c1-12-8-3-2-6(5-13)4-7(8)9(10)11-12/h2-5H,1H3. The Morgan fingerprint density at radius 1 is 1.54 bits per heavy atom. The summed E-state index contributed by atoms with van der Waals surface area (Å²) in [5.74, 6) is 0. The number of carbonyl (C=O) groups excluding carboxylic acids is 1. The molecule has 4 heteroatoms. The molecular formula is C9H7BrN2O. The van der Waals surface area contributed by atoms with Crippen molar-refractivity contribution < 1.29 is 4.79 Å². The summed E-state index contributed by atoms with van der Waals surface area (Å²) in [6.07, 6.45) is 0.832. The smallest absolute Gasteiger partial charge is 0.150 e. The second-order valence-electron chi connectivity index (χ2n) is 2.81. The number of fused-ring (bicyclic) bond motifs is 1. The van der Waals surface area contributed by atoms with Crippen molar-refractivity contribution in [2.45, 2.75) is 0 Å². The molecule has 0 bridgehead atoms. The first kappa shape index (κ1) is 8.44. The number of aromatic nitrogens is 2. The van der Waals surface area contributed by atoms with E-state index in [1.54, 1.807) is 10.7 Å². The number of rotatable bonds is 1. The van der Waals surface area contributed by atoms with Gasteiger partial charge in [0.1, 0.15) is 10.9 Å². The molecule has 0 N–H and O–H groups in total. The maximum atomic E-state index is 10.5. The summed E-state index contributed by atoms with van der Waals surface area (Å²) in [7, 11) is 1.87. The minimum atomic E-state index is 0.668. The van der Waals surface area contributed by atoms with E-state index in [1.165, 1.54) is 0 Å². The topological polar surface area (TPSA) is 34.9 Å². The van der Waals surface area contributed by atoms with E-state index in [0.717, 1.165) is 21.8 Å². The third-order valence-electron chi connectivity index (χ3n) is 1.97. The fourth-order valence-corrected chi connectivity index (χ4v) is 1.87. The first-order valence-electron chi connectivity index (χ1n) is 3.80. The van der Waals surface area contributed by atoms with Gasteiger partial charge in [0.15, 0.2) is 0 Å². The lowest BCUT2D eigenvalue weighted by Crippen LogP contribution is -1.88. The van der Waals surface area contributed by atoms with E-state index in [1.807, 2.05) is 19.2 Å². The van der Waals surface area contributed by atoms with E-state index in [-0.39, 0.29) is 0 Å². The van der Waals surface area contributed by atoms with Crippen molar-refractivity contribution >= 4 is 33.1 Å². The SMILES string of the molecule is Cn1nc(Br)c2cc(C=O)ccc21. The Morgan fingerprint density at radius 2 is 2.31 bits per heavy atom. The summed E-state index contributed by atoms with van der Waals surface area (Å²) in [4.78, 5) is 10.5. The number of benzene rings is 1. The van der Waals surface area contributed by atoms with Crippen molar-refractivity contribution in [2.75, 3.05) is 0 Å². The molecule has 0 amide bonds. The van der Waals surface area contributed by atoms with E-state index >= 15 is 0 Å². The Labute approximate surface area is 83.5 Å². The van der Waals surface area contributed by atoms with Gasteiger partial charge in [0.25, 0.3) is 0 Å². The lowest BCUT2D eigenvalue weighted by atomic mass is 10.2. The molecule has 2 rings (SSSR count). The molecule has 3 nitrogen and oxygen atoms in total. The van der Waals surface area contributed by atoms with Crippen LogP contribution < -0.4 is 0 Å². The molecule has 1 aromatic carbocycles. The number of aldehydes is 1. The van der Waals surface area contributed by atoms with Crippen LogP contribution in [0.15, 0.2) is 22.8 Å². The molecule has 0 fully saturated rings. The molecule has 0 aliphatic heterocycles. The Kier molecular flexibility index (Phi) is 1.92. The van der Waals surface area contributed by atoms with Crippen molar-refractivity contribution in [3.63, 3.8) is 0 Å². The molecular weight excluding hydrogens is 232 g/mol. The number of hydrogen-bond donors (Lipinski definition) is 0. The predicted octanol–water partition coefficient (Wildman–Crippen LogP) is 2.15. The first-order valence-corrected chi connectivity index (χ1v) is 4.59. The molecule has 0 aliphatic carbocycles. The van der Waals surface area contributed by atoms with E-state index in [0.29, 0.717) is 5.56 Å². The van der Waals surface area contributed by atoms with Crippen LogP contribution in [-0.4, -0.2) is 16.1 Å². The minimum absolute atomic E-state index is 0.668. The van der Waals surface area contributed by atoms with Crippen molar-refractivity contribution in [3.05, 3.63) is 28.4 Å². The third-order valence-corrected chi connectivity index (χ3v) is 2.55. The van der Waals surface area contributed by atoms with Crippen LogP contribution in [0.4, 0.5) is 0 Å². The molecule has 0 spiro atoms. The third kappa shape index (κ3) is 1.27. The number of carbonyl (C=O) groups is 1. The van der Waals surface area contributed by atoms with Crippen LogP contribution in [0.25, 0.3) is 10.9 Å². The van der Waals surface area contributed by atoms with Crippen LogP contribution in [0.5, 0.6) is 0 Å². The lowest BCUT2D eigenvalue weighted by molar-refractivity contribution is 0.112. The van der Waals surface area contributed by atoms with E-state index in [4.69, 9.17) is 0 Å². The molecule has 0 atom stereocenters. The fourth-order valence-electron chi connectivity index (χ4n) is 1.31. The van der Waals surface area contributed by atoms with E-state index in [2.05, 4.69) is 21.0 Å². The largest absolute Gasteiger partial charge is 0.298 e. The Bertz CT molecular complexity index is 476. The van der Waals surface area contributed by atoms with Gasteiger partial charge >= 0.3 is 0 Å². The summed E-state index contributed by atoms with van der Waals surface area (Å²) in [6, 6.07) is 5.49. The summed E-state index contributed by atoms with van der Waals surface area (Å²) in [5.41, 5.74) is 1.68. The second-order valence-corrected chi connectivity index (χ2v) is 3.56. The maximum absolute atomic E-state index is 10.5. The predicted molar refractivity (Wildman–Crippen MR) is 53.8 cm³/mol. The molecule has 0 unspecified atom stereocenters. The highest BCUT2D eigenvalue weighted by atomic mass is 79.9. The molecule has 1 heterocycles. The van der Waals surface area contributed by atoms with Crippen LogP contribution >= 0.6 is 15.9 Å². The molecule has 0 aliphatic rings. The van der Waals surface area contributed by atoms with Gasteiger partial charge in [-0.15, -0.1) is 0 Å². The summed E-state index contributed by atoms with van der Waals surface area (Å²) in [6.45, 7) is 0. The Hall–Kier alpha value is -1.16. The number of nitrogens with zero attached hydrogens (tertiary/aromatic N) is 2. The number of aryl methyl sites for hydroxylation is 1. The fraction of sp³-hybridized carbons (Fsp3) is 0.111. The highest BCUT2D eigenvalue weighted by Crippen LogP contribution is 2.23. The van der Waals surface area contributed by atoms with E-state index in [9.17, 15) is 4.79 Å². The van der Waals surface area contributed by atoms with Crippen LogP contribution in [0.3, 0.4) is 0 Å². The molecule has 0 saturated carbocycles. The first-order chi connectivity index (χ1) is 6.22. The molecule has 13 heavy (non-hydrogen) atoms. The van der Waals surface area contributed by atoms with Crippen LogP contribution in [0.1, 0.15) is 10.4 Å². The quantitative estimate of drug-likeness (QED) is 0.714. The highest BCUT2D eigenvalue weighted by Gasteiger charge is 2.05. The van der Waals surface area contributed by atoms with E-state index < -0.39 is 0 Å². The summed E-state index contributed by atoms with van der Waals surface area (Å²) in [5, 5.41) is 5.15. The second kappa shape index (κ2) is 2.96. The zero-order valence-electron chi connectivity index (χ0n) is 6.99. The molecule has 1 aromatic heterocycles. The monoisotopic (exact) mass is 238 g/mol. The molecule has 2 aromatic rings. The van der Waals surface area contributed by atoms with Gasteiger partial charge in [-0.1, -0.05) is 0 Å². The molecule has 66 valence electrons. The maximum Gasteiger partial charge on any atom is 0.150 e. The van der Waals surface area contributed by atoms with Gasteiger partial charge in [0, 0.05) is 18.0 Å². The van der Waals surface area contributed by atoms with Crippen molar-refractivity contribution in [1.82, 2.24) is 9.78 Å². The zero-order valence-corrected chi connectivity index (χ0v) is 8.58. The van der Waals surface area contributed by atoms with Gasteiger partial charge < -0.3 is 0 Å². The minimum Gasteiger partial charge on any atom is -0.298 e. The van der Waals surface area contributed by atoms with Crippen LogP contribution in [0.2, 0.25) is 0 Å². The van der Waals surface area contributed by atoms with Crippen molar-refractivity contribution in [1.29, 1.82) is 0 Å². The molecule has 0 radical (unpaired) electrons. The average Bonchev–Trinajstić information content (AvgIpc) is 2.42. The number of hydrogen-bond acceptors (Lipinski definition) is 2. The van der Waals surface area contributed by atoms with Crippen LogP contribution in [-0.2, 0) is 7.05 Å². The summed E-state index contributed by atoms with van der Waals surface area (Å²) >= 11 is 3.33. The summed E-state index contributed by atoms with van der Waals surface area (Å²) < 4.78 is 2.54. The Morgan fingerprint density at radius 3 is 3.00 bits per heavy atom. The zero-order chi connectivity index (χ0) is 9.42. The molecule has 0 saturated heterocycles. The van der Waals surface area contributed by atoms with Gasteiger partial charge in [-0.05, 0) is 34.1 Å². The van der Waals surface area contributed by atoms with Gasteiger partial charge in [0.2, 0.25) is 0 Å².